The third kappa shape index (κ3) is 3.32. The van der Waals surface area contributed by atoms with Gasteiger partial charge >= 0.3 is 5.97 Å². The summed E-state index contributed by atoms with van der Waals surface area (Å²) < 4.78 is 0. The number of hydrogen-bond acceptors (Lipinski definition) is 3. The molecule has 2 aromatic rings. The Kier molecular flexibility index (Phi) is 4.45. The van der Waals surface area contributed by atoms with Crippen LogP contribution in [0.15, 0.2) is 36.5 Å². The number of halogens is 2. The minimum Gasteiger partial charge on any atom is -0.478 e. The van der Waals surface area contributed by atoms with Crippen molar-refractivity contribution in [3.05, 3.63) is 57.8 Å². The average Bonchev–Trinajstić information content (AvgIpc) is 2.48. The van der Waals surface area contributed by atoms with Gasteiger partial charge in [0.1, 0.15) is 5.15 Å². The summed E-state index contributed by atoms with van der Waals surface area (Å²) in [7, 11) is 1.57. The molecule has 1 heterocycles. The summed E-state index contributed by atoms with van der Waals surface area (Å²) in [6, 6.07) is 7.38. The summed E-state index contributed by atoms with van der Waals surface area (Å²) in [6.45, 7) is 0. The molecule has 0 spiro atoms. The highest BCUT2D eigenvalue weighted by molar-refractivity contribution is 6.41. The molecule has 0 radical (unpaired) electrons. The van der Waals surface area contributed by atoms with E-state index in [0.717, 1.165) is 0 Å². The highest BCUT2D eigenvalue weighted by Crippen LogP contribution is 2.22. The third-order valence-electron chi connectivity index (χ3n) is 2.85. The molecule has 0 atom stereocenters. The maximum atomic E-state index is 12.3. The van der Waals surface area contributed by atoms with Crippen molar-refractivity contribution < 1.29 is 14.7 Å². The number of carbonyl (C=O) groups is 2. The number of aromatic nitrogens is 1. The molecule has 0 aliphatic heterocycles. The molecule has 0 bridgehead atoms. The molecule has 0 aliphatic rings. The number of anilines is 1. The molecule has 21 heavy (non-hydrogen) atoms. The van der Waals surface area contributed by atoms with Crippen LogP contribution in [0, 0.1) is 0 Å². The Morgan fingerprint density at radius 2 is 1.76 bits per heavy atom. The van der Waals surface area contributed by atoms with Crippen LogP contribution in [0.3, 0.4) is 0 Å². The number of carbonyl (C=O) groups excluding carboxylic acids is 1. The van der Waals surface area contributed by atoms with Crippen LogP contribution >= 0.6 is 23.2 Å². The second-order valence-corrected chi connectivity index (χ2v) is 4.98. The lowest BCUT2D eigenvalue weighted by Gasteiger charge is -2.17. The van der Waals surface area contributed by atoms with Crippen LogP contribution < -0.4 is 4.90 Å². The Morgan fingerprint density at radius 1 is 1.14 bits per heavy atom. The van der Waals surface area contributed by atoms with Gasteiger partial charge in [-0.25, -0.2) is 9.78 Å². The molecule has 108 valence electrons. The van der Waals surface area contributed by atoms with Crippen molar-refractivity contribution in [3.63, 3.8) is 0 Å². The van der Waals surface area contributed by atoms with E-state index in [0.29, 0.717) is 5.69 Å². The Morgan fingerprint density at radius 3 is 2.29 bits per heavy atom. The van der Waals surface area contributed by atoms with E-state index in [1.807, 2.05) is 0 Å². The second kappa shape index (κ2) is 6.11. The van der Waals surface area contributed by atoms with Gasteiger partial charge in [0.15, 0.2) is 0 Å². The van der Waals surface area contributed by atoms with E-state index in [-0.39, 0.29) is 27.2 Å². The fraction of sp³-hybridized carbons (Fsp3) is 0.0714. The molecular formula is C14H10Cl2N2O3. The third-order valence-corrected chi connectivity index (χ3v) is 3.54. The van der Waals surface area contributed by atoms with Gasteiger partial charge in [-0.05, 0) is 30.3 Å². The van der Waals surface area contributed by atoms with E-state index in [4.69, 9.17) is 28.3 Å². The van der Waals surface area contributed by atoms with Gasteiger partial charge in [-0.3, -0.25) is 4.79 Å². The van der Waals surface area contributed by atoms with Crippen molar-refractivity contribution in [2.45, 2.75) is 0 Å². The molecule has 2 rings (SSSR count). The summed E-state index contributed by atoms with van der Waals surface area (Å²) in [5, 5.41) is 9.16. The normalized spacial score (nSPS) is 10.2. The lowest BCUT2D eigenvalue weighted by atomic mass is 10.2. The first-order valence-electron chi connectivity index (χ1n) is 5.82. The number of rotatable bonds is 3. The minimum absolute atomic E-state index is 0.127. The minimum atomic E-state index is -1.02. The maximum absolute atomic E-state index is 12.3. The monoisotopic (exact) mass is 324 g/mol. The number of carboxylic acids is 1. The summed E-state index contributed by atoms with van der Waals surface area (Å²) in [5.74, 6) is -1.35. The summed E-state index contributed by atoms with van der Waals surface area (Å²) in [5.41, 5.74) is 0.987. The zero-order valence-corrected chi connectivity index (χ0v) is 12.4. The Bertz CT molecular complexity index is 702. The zero-order valence-electron chi connectivity index (χ0n) is 10.9. The van der Waals surface area contributed by atoms with Crippen LogP contribution in [0.2, 0.25) is 10.2 Å². The first-order valence-corrected chi connectivity index (χ1v) is 6.58. The van der Waals surface area contributed by atoms with Crippen LogP contribution in [0.5, 0.6) is 0 Å². The van der Waals surface area contributed by atoms with Crippen molar-refractivity contribution in [1.82, 2.24) is 4.98 Å². The van der Waals surface area contributed by atoms with Gasteiger partial charge in [-0.1, -0.05) is 23.2 Å². The summed E-state index contributed by atoms with van der Waals surface area (Å²) in [4.78, 5) is 28.3. The second-order valence-electron chi connectivity index (χ2n) is 4.21. The molecule has 1 amide bonds. The van der Waals surface area contributed by atoms with Crippen LogP contribution in [0.4, 0.5) is 5.69 Å². The lowest BCUT2D eigenvalue weighted by Crippen LogP contribution is -2.26. The Balaban J connectivity index is 2.25. The van der Waals surface area contributed by atoms with E-state index >= 15 is 0 Å². The van der Waals surface area contributed by atoms with E-state index in [1.54, 1.807) is 19.2 Å². The first-order chi connectivity index (χ1) is 9.90. The van der Waals surface area contributed by atoms with Gasteiger partial charge in [-0.15, -0.1) is 0 Å². The molecule has 0 saturated heterocycles. The predicted octanol–water partition coefficient (Wildman–Crippen LogP) is 3.36. The largest absolute Gasteiger partial charge is 0.478 e. The van der Waals surface area contributed by atoms with E-state index in [1.165, 1.54) is 29.3 Å². The molecule has 0 fully saturated rings. The molecule has 1 aromatic heterocycles. The van der Waals surface area contributed by atoms with E-state index in [2.05, 4.69) is 4.98 Å². The van der Waals surface area contributed by atoms with Gasteiger partial charge in [0.2, 0.25) is 0 Å². The average molecular weight is 325 g/mol. The van der Waals surface area contributed by atoms with E-state index in [9.17, 15) is 9.59 Å². The molecular weight excluding hydrogens is 315 g/mol. The van der Waals surface area contributed by atoms with E-state index < -0.39 is 5.97 Å². The van der Waals surface area contributed by atoms with Crippen molar-refractivity contribution in [2.75, 3.05) is 11.9 Å². The molecule has 1 aromatic carbocycles. The standard InChI is InChI=1S/C14H10Cl2N2O3/c1-18(10-4-2-8(3-5-10)14(20)21)13(19)9-6-11(15)12(16)17-7-9/h2-7H,1H3,(H,20,21). The molecule has 5 nitrogen and oxygen atoms in total. The number of benzene rings is 1. The maximum Gasteiger partial charge on any atom is 0.335 e. The number of aromatic carboxylic acids is 1. The van der Waals surface area contributed by atoms with Crippen LogP contribution in [0.25, 0.3) is 0 Å². The summed E-state index contributed by atoms with van der Waals surface area (Å²) in [6.07, 6.45) is 1.33. The van der Waals surface area contributed by atoms with Gasteiger partial charge in [0.05, 0.1) is 16.1 Å². The van der Waals surface area contributed by atoms with Crippen molar-refractivity contribution in [3.8, 4) is 0 Å². The predicted molar refractivity (Wildman–Crippen MR) is 80.4 cm³/mol. The Hall–Kier alpha value is -2.11. The van der Waals surface area contributed by atoms with Crippen LogP contribution in [-0.4, -0.2) is 29.0 Å². The molecule has 1 N–H and O–H groups in total. The number of amides is 1. The number of carboxylic acid groups (broad SMARTS) is 1. The van der Waals surface area contributed by atoms with Gasteiger partial charge < -0.3 is 10.0 Å². The fourth-order valence-corrected chi connectivity index (χ4v) is 1.95. The highest BCUT2D eigenvalue weighted by Gasteiger charge is 2.15. The SMILES string of the molecule is CN(C(=O)c1cnc(Cl)c(Cl)c1)c1ccc(C(=O)O)cc1. The fourth-order valence-electron chi connectivity index (χ4n) is 1.68. The zero-order chi connectivity index (χ0) is 15.6. The van der Waals surface area contributed by atoms with Gasteiger partial charge in [0, 0.05) is 18.9 Å². The highest BCUT2D eigenvalue weighted by atomic mass is 35.5. The van der Waals surface area contributed by atoms with Crippen LogP contribution in [-0.2, 0) is 0 Å². The quantitative estimate of drug-likeness (QED) is 0.879. The Labute approximate surface area is 130 Å². The number of nitrogens with zero attached hydrogens (tertiary/aromatic N) is 2. The topological polar surface area (TPSA) is 70.5 Å². The molecule has 0 unspecified atom stereocenters. The molecule has 7 heteroatoms. The van der Waals surface area contributed by atoms with Crippen molar-refractivity contribution in [2.24, 2.45) is 0 Å². The molecule has 0 aliphatic carbocycles. The number of hydrogen-bond donors (Lipinski definition) is 1. The number of pyridine rings is 1. The summed E-state index contributed by atoms with van der Waals surface area (Å²) >= 11 is 11.5. The van der Waals surface area contributed by atoms with Crippen LogP contribution in [0.1, 0.15) is 20.7 Å². The van der Waals surface area contributed by atoms with Gasteiger partial charge in [-0.2, -0.15) is 0 Å². The van der Waals surface area contributed by atoms with Gasteiger partial charge in [0.25, 0.3) is 5.91 Å². The lowest BCUT2D eigenvalue weighted by molar-refractivity contribution is 0.0696. The van der Waals surface area contributed by atoms with Crippen molar-refractivity contribution >= 4 is 40.8 Å². The first kappa shape index (κ1) is 15.3. The van der Waals surface area contributed by atoms with Crippen molar-refractivity contribution in [1.29, 1.82) is 0 Å². The smallest absolute Gasteiger partial charge is 0.335 e. The molecule has 0 saturated carbocycles.